The van der Waals surface area contributed by atoms with Gasteiger partial charge in [0.25, 0.3) is 0 Å². The van der Waals surface area contributed by atoms with Crippen molar-refractivity contribution in [2.45, 2.75) is 6.73 Å². The van der Waals surface area contributed by atoms with Gasteiger partial charge < -0.3 is 19.8 Å². The van der Waals surface area contributed by atoms with Gasteiger partial charge in [0.2, 0.25) is 0 Å². The largest absolute Gasteiger partial charge is 0.471 e. The Kier molecular flexibility index (Phi) is 7.97. The number of hydrogen-bond donors (Lipinski definition) is 3. The molecule has 0 aliphatic heterocycles. The van der Waals surface area contributed by atoms with Crippen LogP contribution in [0.3, 0.4) is 0 Å². The van der Waals surface area contributed by atoms with Gasteiger partial charge in [0.1, 0.15) is 27.2 Å². The summed E-state index contributed by atoms with van der Waals surface area (Å²) in [5, 5.41) is 7.64. The molecule has 2 heterocycles. The predicted octanol–water partition coefficient (Wildman–Crippen LogP) is 3.74. The highest BCUT2D eigenvalue weighted by Gasteiger charge is 2.24. The second-order valence-electron chi connectivity index (χ2n) is 7.86. The highest BCUT2D eigenvalue weighted by molar-refractivity contribution is 7.90. The smallest absolute Gasteiger partial charge is 0.421 e. The fourth-order valence-electron chi connectivity index (χ4n) is 3.30. The summed E-state index contributed by atoms with van der Waals surface area (Å²) >= 11 is 6.36. The van der Waals surface area contributed by atoms with Gasteiger partial charge in [-0.15, -0.1) is 0 Å². The van der Waals surface area contributed by atoms with E-state index in [-0.39, 0.29) is 39.9 Å². The number of aromatic nitrogens is 4. The normalized spacial score (nSPS) is 12.2. The number of sulfone groups is 1. The highest BCUT2D eigenvalue weighted by Crippen LogP contribution is 2.39. The van der Waals surface area contributed by atoms with E-state index in [4.69, 9.17) is 16.3 Å². The van der Waals surface area contributed by atoms with E-state index < -0.39 is 47.8 Å². The molecule has 0 aliphatic carbocycles. The van der Waals surface area contributed by atoms with Crippen molar-refractivity contribution >= 4 is 46.1 Å². The molecule has 2 aromatic heterocycles. The van der Waals surface area contributed by atoms with E-state index in [1.807, 2.05) is 0 Å². The molecule has 0 amide bonds. The monoisotopic (exact) mass is 589 g/mol. The Bertz CT molecular complexity index is 1670. The van der Waals surface area contributed by atoms with Crippen LogP contribution in [0.25, 0.3) is 22.3 Å². The molecule has 3 N–H and O–H groups in total. The topological polar surface area (TPSA) is 166 Å². The van der Waals surface area contributed by atoms with Crippen LogP contribution in [0.5, 0.6) is 11.8 Å². The maximum Gasteiger partial charge on any atom is 0.471 e. The third-order valence-corrected chi connectivity index (χ3v) is 6.64. The Balaban J connectivity index is 1.91. The molecule has 0 bridgehead atoms. The SMILES string of the molecule is CS(=O)(=O)CCNc1nc(Oc2ccc(F)cc2F)nc2c1c(-c1ccccc1Cl)nn2COP(=O)(O)O. The molecule has 0 atom stereocenters. The molecule has 0 saturated carbocycles. The molecular weight excluding hydrogens is 571 g/mol. The number of hydrogen-bond acceptors (Lipinski definition) is 9. The molecule has 0 spiro atoms. The van der Waals surface area contributed by atoms with Gasteiger partial charge in [-0.1, -0.05) is 29.8 Å². The first-order chi connectivity index (χ1) is 17.8. The molecule has 38 heavy (non-hydrogen) atoms. The molecule has 4 rings (SSSR count). The number of rotatable bonds is 10. The number of phosphoric acid groups is 1. The lowest BCUT2D eigenvalue weighted by Gasteiger charge is -2.11. The van der Waals surface area contributed by atoms with Crippen LogP contribution in [-0.2, 0) is 25.7 Å². The minimum Gasteiger partial charge on any atom is -0.421 e. The van der Waals surface area contributed by atoms with Crippen molar-refractivity contribution < 1.29 is 40.8 Å². The van der Waals surface area contributed by atoms with Gasteiger partial charge in [-0.2, -0.15) is 15.1 Å². The predicted molar refractivity (Wildman–Crippen MR) is 134 cm³/mol. The first-order valence-electron chi connectivity index (χ1n) is 10.6. The molecule has 0 unspecified atom stereocenters. The van der Waals surface area contributed by atoms with E-state index in [1.165, 1.54) is 0 Å². The van der Waals surface area contributed by atoms with Crippen molar-refractivity contribution in [3.63, 3.8) is 0 Å². The Hall–Kier alpha value is -3.20. The third-order valence-electron chi connectivity index (χ3n) is 4.91. The van der Waals surface area contributed by atoms with Gasteiger partial charge in [-0.25, -0.2) is 26.4 Å². The number of nitrogens with zero attached hydrogens (tertiary/aromatic N) is 4. The molecule has 0 aliphatic rings. The number of phosphoric ester groups is 1. The molecular formula is C21H19ClF2N5O7PS. The van der Waals surface area contributed by atoms with Crippen molar-refractivity contribution in [3.8, 4) is 23.0 Å². The molecule has 2 aromatic carbocycles. The summed E-state index contributed by atoms with van der Waals surface area (Å²) in [4.78, 5) is 26.8. The Morgan fingerprint density at radius 2 is 1.89 bits per heavy atom. The lowest BCUT2D eigenvalue weighted by Crippen LogP contribution is -2.15. The van der Waals surface area contributed by atoms with E-state index in [9.17, 15) is 31.6 Å². The Labute approximate surface area is 219 Å². The van der Waals surface area contributed by atoms with Gasteiger partial charge in [-0.05, 0) is 18.2 Å². The number of ether oxygens (including phenoxy) is 1. The zero-order chi connectivity index (χ0) is 27.7. The standard InChI is InChI=1S/C21H19ClF2N5O7PS/c1-38(33,34)9-8-25-19-17-18(13-4-2-3-5-14(13)22)28-29(11-35-37(30,31)32)20(17)27-21(26-19)36-16-7-6-12(23)10-15(16)24/h2-7,10H,8-9,11H2,1H3,(H,25,26,27)(H2,30,31,32). The molecule has 0 saturated heterocycles. The van der Waals surface area contributed by atoms with Crippen molar-refractivity contribution in [2.24, 2.45) is 0 Å². The quantitative estimate of drug-likeness (QED) is 0.231. The number of benzene rings is 2. The molecule has 17 heteroatoms. The third kappa shape index (κ3) is 6.81. The number of fused-ring (bicyclic) bond motifs is 1. The molecule has 0 radical (unpaired) electrons. The van der Waals surface area contributed by atoms with Gasteiger partial charge >= 0.3 is 13.8 Å². The van der Waals surface area contributed by atoms with Crippen LogP contribution in [0.15, 0.2) is 42.5 Å². The van der Waals surface area contributed by atoms with Crippen LogP contribution in [0.4, 0.5) is 14.6 Å². The summed E-state index contributed by atoms with van der Waals surface area (Å²) in [5.41, 5.74) is 0.478. The highest BCUT2D eigenvalue weighted by atomic mass is 35.5. The molecule has 12 nitrogen and oxygen atoms in total. The second kappa shape index (κ2) is 10.9. The maximum absolute atomic E-state index is 14.2. The van der Waals surface area contributed by atoms with Gasteiger partial charge in [0, 0.05) is 24.4 Å². The molecule has 0 fully saturated rings. The zero-order valence-corrected chi connectivity index (χ0v) is 21.8. The summed E-state index contributed by atoms with van der Waals surface area (Å²) in [6.07, 6.45) is 1.04. The van der Waals surface area contributed by atoms with Crippen LogP contribution in [-0.4, -0.2) is 56.5 Å². The van der Waals surface area contributed by atoms with E-state index in [0.29, 0.717) is 11.6 Å². The first kappa shape index (κ1) is 27.8. The minimum absolute atomic E-state index is 0.00600. The Morgan fingerprint density at radius 1 is 1.16 bits per heavy atom. The number of anilines is 1. The number of nitrogens with one attached hydrogen (secondary N) is 1. The first-order valence-corrected chi connectivity index (χ1v) is 14.6. The average Bonchev–Trinajstić information content (AvgIpc) is 3.17. The van der Waals surface area contributed by atoms with E-state index in [2.05, 4.69) is 24.9 Å². The van der Waals surface area contributed by atoms with Crippen LogP contribution < -0.4 is 10.1 Å². The van der Waals surface area contributed by atoms with Crippen molar-refractivity contribution in [2.75, 3.05) is 23.9 Å². The van der Waals surface area contributed by atoms with Crippen molar-refractivity contribution in [1.82, 2.24) is 19.7 Å². The van der Waals surface area contributed by atoms with Crippen molar-refractivity contribution in [1.29, 1.82) is 0 Å². The summed E-state index contributed by atoms with van der Waals surface area (Å²) in [6, 6.07) is 8.64. The average molecular weight is 590 g/mol. The fourth-order valence-corrected chi connectivity index (χ4v) is 4.26. The summed E-state index contributed by atoms with van der Waals surface area (Å²) < 4.78 is 73.3. The summed E-state index contributed by atoms with van der Waals surface area (Å²) in [6.45, 7) is -0.878. The lowest BCUT2D eigenvalue weighted by molar-refractivity contribution is 0.148. The van der Waals surface area contributed by atoms with Crippen LogP contribution in [0, 0.1) is 11.6 Å². The van der Waals surface area contributed by atoms with Gasteiger partial charge in [-0.3, -0.25) is 4.52 Å². The fraction of sp³-hybridized carbons (Fsp3) is 0.190. The summed E-state index contributed by atoms with van der Waals surface area (Å²) in [5.74, 6) is -2.59. The van der Waals surface area contributed by atoms with Crippen LogP contribution in [0.2, 0.25) is 5.02 Å². The van der Waals surface area contributed by atoms with E-state index in [0.717, 1.165) is 23.1 Å². The van der Waals surface area contributed by atoms with Gasteiger partial charge in [0.05, 0.1) is 16.2 Å². The summed E-state index contributed by atoms with van der Waals surface area (Å²) in [7, 11) is -8.31. The van der Waals surface area contributed by atoms with Gasteiger partial charge in [0.15, 0.2) is 23.9 Å². The molecule has 202 valence electrons. The van der Waals surface area contributed by atoms with Crippen LogP contribution in [0.1, 0.15) is 0 Å². The van der Waals surface area contributed by atoms with E-state index >= 15 is 0 Å². The van der Waals surface area contributed by atoms with Crippen LogP contribution >= 0.6 is 19.4 Å². The second-order valence-corrected chi connectivity index (χ2v) is 11.8. The Morgan fingerprint density at radius 3 is 2.55 bits per heavy atom. The minimum atomic E-state index is -4.94. The lowest BCUT2D eigenvalue weighted by atomic mass is 10.1. The van der Waals surface area contributed by atoms with E-state index in [1.54, 1.807) is 24.3 Å². The van der Waals surface area contributed by atoms with Crippen molar-refractivity contribution in [3.05, 3.63) is 59.1 Å². The molecule has 4 aromatic rings. The number of halogens is 3. The zero-order valence-electron chi connectivity index (χ0n) is 19.4. The maximum atomic E-state index is 14.2.